The third-order valence-corrected chi connectivity index (χ3v) is 5.56. The van der Waals surface area contributed by atoms with Gasteiger partial charge in [0.1, 0.15) is 11.4 Å². The molecule has 2 saturated heterocycles. The van der Waals surface area contributed by atoms with Crippen LogP contribution in [0, 0.1) is 31.1 Å². The second-order valence-corrected chi connectivity index (χ2v) is 8.86. The van der Waals surface area contributed by atoms with Crippen molar-refractivity contribution in [3.63, 3.8) is 0 Å². The predicted octanol–water partition coefficient (Wildman–Crippen LogP) is -0.488. The highest BCUT2D eigenvalue weighted by Crippen LogP contribution is 2.36. The first-order valence-electron chi connectivity index (χ1n) is 9.63. The fourth-order valence-corrected chi connectivity index (χ4v) is 4.25. The van der Waals surface area contributed by atoms with Crippen molar-refractivity contribution < 1.29 is 47.9 Å². The third-order valence-electron chi connectivity index (χ3n) is 5.56. The molecule has 2 aliphatic carbocycles. The smallest absolute Gasteiger partial charge is 0.410 e. The lowest BCUT2D eigenvalue weighted by Gasteiger charge is -2.24. The maximum absolute atomic E-state index is 11.8. The zero-order valence-electron chi connectivity index (χ0n) is 17.6. The average Bonchev–Trinajstić information content (AvgIpc) is 3.19. The van der Waals surface area contributed by atoms with Gasteiger partial charge in [-0.05, 0) is 45.4 Å². The molecule has 2 aliphatic heterocycles. The van der Waals surface area contributed by atoms with Gasteiger partial charge in [0.05, 0.1) is 11.8 Å². The van der Waals surface area contributed by atoms with E-state index >= 15 is 0 Å². The molecule has 0 aromatic carbocycles. The number of hydrogen-bond acceptors (Lipinski definition) is 5. The number of Topliss-reactive ketones (excluding diaryl/α,β-unsaturated/α-hetero) is 1. The number of halogens is 1. The van der Waals surface area contributed by atoms with Gasteiger partial charge in [0.15, 0.2) is 0 Å². The number of ether oxygens (including phenoxy) is 1. The highest BCUT2D eigenvalue weighted by atomic mass is 127. The Balaban J connectivity index is 0.000000286. The topological polar surface area (TPSA) is 92.8 Å². The van der Waals surface area contributed by atoms with E-state index in [0.717, 1.165) is 12.8 Å². The zero-order chi connectivity index (χ0) is 19.8. The number of ketones is 1. The summed E-state index contributed by atoms with van der Waals surface area (Å²) in [5.41, 5.74) is -0.440. The van der Waals surface area contributed by atoms with Gasteiger partial charge in [-0.25, -0.2) is 4.79 Å². The van der Waals surface area contributed by atoms with Crippen molar-refractivity contribution >= 4 is 23.7 Å². The lowest BCUT2D eigenvalue weighted by Crippen LogP contribution is -3.00. The molecule has 164 valence electrons. The lowest BCUT2D eigenvalue weighted by atomic mass is 9.85. The van der Waals surface area contributed by atoms with E-state index in [-0.39, 0.29) is 61.1 Å². The van der Waals surface area contributed by atoms with Gasteiger partial charge >= 0.3 is 6.09 Å². The van der Waals surface area contributed by atoms with Crippen molar-refractivity contribution in [3.8, 4) is 0 Å². The molecule has 29 heavy (non-hydrogen) atoms. The second kappa shape index (κ2) is 10.0. The maximum atomic E-state index is 11.8. The molecule has 0 spiro atoms. The molecule has 2 heterocycles. The summed E-state index contributed by atoms with van der Waals surface area (Å²) in [6.07, 6.45) is 6.44. The van der Waals surface area contributed by atoms with Crippen molar-refractivity contribution in [1.82, 2.24) is 10.2 Å². The van der Waals surface area contributed by atoms with Crippen molar-refractivity contribution in [1.29, 1.82) is 0 Å². The number of fused-ring (bicyclic) bond motifs is 2. The molecule has 4 aliphatic rings. The van der Waals surface area contributed by atoms with Crippen LogP contribution in [0.3, 0.4) is 0 Å². The molecule has 1 N–H and O–H groups in total. The summed E-state index contributed by atoms with van der Waals surface area (Å²) >= 11 is 0. The largest absolute Gasteiger partial charge is 1.00 e. The van der Waals surface area contributed by atoms with E-state index in [4.69, 9.17) is 4.74 Å². The molecule has 1 saturated carbocycles. The summed E-state index contributed by atoms with van der Waals surface area (Å²) in [5.74, 6) is 0.757. The predicted molar refractivity (Wildman–Crippen MR) is 104 cm³/mol. The van der Waals surface area contributed by atoms with Gasteiger partial charge in [-0.3, -0.25) is 19.7 Å². The van der Waals surface area contributed by atoms with Crippen LogP contribution in [0.2, 0.25) is 0 Å². The molecular weight excluding hydrogens is 487 g/mol. The molecule has 3 amide bonds. The standard InChI is InChI=1S/C12H19NO3.C8H9NO2.CH3.HI/c1-12(2,3)16-11(15)13-6-8-4-10(14)5-9(8)7-13;10-7-5-3-1-2-4-6(5)8(11)9-7;;/h8-9H,4-7H2,1-3H3;1-2,5-6H,3-4H2,(H,9,10,11);1H3;1H/q;;-1;/p-1/t8-,9+;5-,6+;;. The van der Waals surface area contributed by atoms with Gasteiger partial charge in [0.2, 0.25) is 11.8 Å². The van der Waals surface area contributed by atoms with Crippen molar-refractivity contribution in [3.05, 3.63) is 19.6 Å². The monoisotopic (exact) mass is 518 g/mol. The molecule has 0 unspecified atom stereocenters. The SMILES string of the molecule is CC(C)(C)OC(=O)N1C[C@H]2CC(=O)C[C@H]2C1.O=C1NC(=O)[C@@H]2CC=CC[C@H]12.[CH3-].[I-]. The highest BCUT2D eigenvalue weighted by molar-refractivity contribution is 6.05. The fraction of sp³-hybridized carbons (Fsp3) is 0.667. The zero-order valence-corrected chi connectivity index (χ0v) is 19.7. The normalized spacial score (nSPS) is 29.6. The Morgan fingerprint density at radius 1 is 1.00 bits per heavy atom. The molecule has 0 radical (unpaired) electrons. The van der Waals surface area contributed by atoms with Crippen molar-refractivity contribution in [2.24, 2.45) is 23.7 Å². The van der Waals surface area contributed by atoms with Crippen LogP contribution >= 0.6 is 0 Å². The van der Waals surface area contributed by atoms with Gasteiger partial charge < -0.3 is 41.0 Å². The summed E-state index contributed by atoms with van der Waals surface area (Å²) in [5, 5.41) is 2.34. The minimum Gasteiger partial charge on any atom is -1.00 e. The van der Waals surface area contributed by atoms with Gasteiger partial charge in [-0.2, -0.15) is 0 Å². The van der Waals surface area contributed by atoms with E-state index < -0.39 is 5.60 Å². The molecule has 7 nitrogen and oxygen atoms in total. The highest BCUT2D eigenvalue weighted by Gasteiger charge is 2.43. The lowest BCUT2D eigenvalue weighted by molar-refractivity contribution is -0.126. The maximum Gasteiger partial charge on any atom is 0.410 e. The number of likely N-dealkylation sites (tertiary alicyclic amines) is 1. The number of nitrogens with zero attached hydrogens (tertiary/aromatic N) is 1. The summed E-state index contributed by atoms with van der Waals surface area (Å²) in [4.78, 5) is 46.9. The molecule has 8 heteroatoms. The second-order valence-electron chi connectivity index (χ2n) is 8.86. The van der Waals surface area contributed by atoms with Crippen LogP contribution in [0.4, 0.5) is 4.79 Å². The Hall–Kier alpha value is -1.45. The molecule has 4 rings (SSSR count). The summed E-state index contributed by atoms with van der Waals surface area (Å²) in [6, 6.07) is 0. The number of imide groups is 1. The molecule has 3 fully saturated rings. The van der Waals surface area contributed by atoms with E-state index in [1.807, 2.05) is 32.9 Å². The number of hydrogen-bond donors (Lipinski definition) is 1. The van der Waals surface area contributed by atoms with Crippen LogP contribution < -0.4 is 29.3 Å². The van der Waals surface area contributed by atoms with Crippen molar-refractivity contribution in [2.75, 3.05) is 13.1 Å². The van der Waals surface area contributed by atoms with Gasteiger partial charge in [-0.15, -0.1) is 0 Å². The van der Waals surface area contributed by atoms with Crippen molar-refractivity contribution in [2.45, 2.75) is 52.1 Å². The minimum atomic E-state index is -0.440. The van der Waals surface area contributed by atoms with E-state index in [2.05, 4.69) is 5.32 Å². The molecule has 4 atom stereocenters. The van der Waals surface area contributed by atoms with Crippen LogP contribution in [0.25, 0.3) is 0 Å². The number of allylic oxidation sites excluding steroid dienone is 2. The number of carbonyl (C=O) groups excluding carboxylic acids is 4. The van der Waals surface area contributed by atoms with Crippen LogP contribution in [0.1, 0.15) is 46.5 Å². The first kappa shape index (κ1) is 25.6. The van der Waals surface area contributed by atoms with Crippen LogP contribution in [0.15, 0.2) is 12.2 Å². The van der Waals surface area contributed by atoms with Crippen LogP contribution in [-0.4, -0.2) is 47.3 Å². The number of carbonyl (C=O) groups is 4. The van der Waals surface area contributed by atoms with E-state index in [0.29, 0.717) is 43.6 Å². The molecule has 0 aromatic rings. The Morgan fingerprint density at radius 3 is 1.86 bits per heavy atom. The quantitative estimate of drug-likeness (QED) is 0.202. The van der Waals surface area contributed by atoms with Gasteiger partial charge in [0, 0.05) is 25.9 Å². The summed E-state index contributed by atoms with van der Waals surface area (Å²) < 4.78 is 5.32. The summed E-state index contributed by atoms with van der Waals surface area (Å²) in [7, 11) is 0. The van der Waals surface area contributed by atoms with E-state index in [9.17, 15) is 19.2 Å². The van der Waals surface area contributed by atoms with Crippen LogP contribution in [-0.2, 0) is 19.1 Å². The van der Waals surface area contributed by atoms with E-state index in [1.165, 1.54) is 0 Å². The van der Waals surface area contributed by atoms with E-state index in [1.54, 1.807) is 4.90 Å². The minimum absolute atomic E-state index is 0. The Kier molecular flexibility index (Phi) is 8.86. The first-order valence-corrected chi connectivity index (χ1v) is 9.63. The first-order chi connectivity index (χ1) is 12.6. The number of rotatable bonds is 0. The Labute approximate surface area is 190 Å². The molecule has 0 aromatic heterocycles. The van der Waals surface area contributed by atoms with Crippen LogP contribution in [0.5, 0.6) is 0 Å². The average molecular weight is 518 g/mol. The molecular formula is C21H31IN2O5-2. The number of nitrogens with one attached hydrogen (secondary N) is 1. The molecule has 0 bridgehead atoms. The summed E-state index contributed by atoms with van der Waals surface area (Å²) in [6.45, 7) is 6.97. The Morgan fingerprint density at radius 2 is 1.45 bits per heavy atom. The Bertz CT molecular complexity index is 645. The number of amides is 3. The van der Waals surface area contributed by atoms with Gasteiger partial charge in [-0.1, -0.05) is 12.2 Å². The fourth-order valence-electron chi connectivity index (χ4n) is 4.25. The van der Waals surface area contributed by atoms with Gasteiger partial charge in [0.25, 0.3) is 0 Å². The third kappa shape index (κ3) is 6.26.